The minimum Gasteiger partial charge on any atom is -0.383 e. The van der Waals surface area contributed by atoms with Crippen LogP contribution in [0.4, 0.5) is 24.8 Å². The van der Waals surface area contributed by atoms with Crippen molar-refractivity contribution in [3.8, 4) is 11.3 Å². The van der Waals surface area contributed by atoms with Gasteiger partial charge in [0, 0.05) is 18.2 Å². The van der Waals surface area contributed by atoms with Crippen molar-refractivity contribution in [3.63, 3.8) is 0 Å². The van der Waals surface area contributed by atoms with E-state index in [2.05, 4.69) is 25.3 Å². The highest BCUT2D eigenvalue weighted by atomic mass is 19.4. The Kier molecular flexibility index (Phi) is 6.26. The third-order valence-electron chi connectivity index (χ3n) is 5.43. The van der Waals surface area contributed by atoms with Gasteiger partial charge in [0.2, 0.25) is 5.91 Å². The minimum absolute atomic E-state index is 0.136. The Morgan fingerprint density at radius 3 is 2.72 bits per heavy atom. The number of hydrogen-bond acceptors (Lipinski definition) is 6. The number of alkyl halides is 3. The fourth-order valence-corrected chi connectivity index (χ4v) is 3.79. The zero-order valence-electron chi connectivity index (χ0n) is 17.4. The van der Waals surface area contributed by atoms with Crippen LogP contribution in [0.5, 0.6) is 0 Å². The molecule has 3 aromatic heterocycles. The van der Waals surface area contributed by atoms with Gasteiger partial charge in [-0.2, -0.15) is 18.3 Å². The summed E-state index contributed by atoms with van der Waals surface area (Å²) in [6.07, 6.45) is 3.01. The molecule has 0 spiro atoms. The number of halogens is 3. The number of pyridine rings is 1. The number of rotatable bonds is 6. The standard InChI is InChI=1S/C21H24F3N7O/c22-21(23,24)15-11-14(12-26-20(15)25)16-6-7-18-27-17(13-31(18)29-16)28-19(32)5-4-10-30-8-2-1-3-9-30/h6-7,11-13H,1-5,8-10H2,(H2,25,26)(H,28,32). The van der Waals surface area contributed by atoms with E-state index in [1.54, 1.807) is 12.1 Å². The second-order valence-corrected chi connectivity index (χ2v) is 7.86. The summed E-state index contributed by atoms with van der Waals surface area (Å²) in [5, 5.41) is 7.06. The molecule has 1 fully saturated rings. The molecule has 4 rings (SSSR count). The highest BCUT2D eigenvalue weighted by molar-refractivity contribution is 5.90. The summed E-state index contributed by atoms with van der Waals surface area (Å²) in [5.41, 5.74) is 5.25. The molecule has 170 valence electrons. The lowest BCUT2D eigenvalue weighted by Crippen LogP contribution is -2.31. The maximum atomic E-state index is 13.1. The van der Waals surface area contributed by atoms with Crippen LogP contribution in [0.3, 0.4) is 0 Å². The lowest BCUT2D eigenvalue weighted by molar-refractivity contribution is -0.137. The topological polar surface area (TPSA) is 101 Å². The molecule has 0 aromatic carbocycles. The quantitative estimate of drug-likeness (QED) is 0.599. The fraction of sp³-hybridized carbons (Fsp3) is 0.429. The van der Waals surface area contributed by atoms with Crippen molar-refractivity contribution in [3.05, 3.63) is 36.2 Å². The third-order valence-corrected chi connectivity index (χ3v) is 5.43. The first kappa shape index (κ1) is 22.0. The van der Waals surface area contributed by atoms with Crippen LogP contribution in [0.25, 0.3) is 16.9 Å². The number of nitrogens with one attached hydrogen (secondary N) is 1. The molecule has 32 heavy (non-hydrogen) atoms. The van der Waals surface area contributed by atoms with E-state index in [0.717, 1.165) is 32.1 Å². The van der Waals surface area contributed by atoms with Gasteiger partial charge in [0.05, 0.1) is 17.5 Å². The molecular formula is C21H24F3N7O. The predicted molar refractivity (Wildman–Crippen MR) is 114 cm³/mol. The molecule has 3 N–H and O–H groups in total. The average molecular weight is 447 g/mol. The fourth-order valence-electron chi connectivity index (χ4n) is 3.79. The molecule has 11 heteroatoms. The Balaban J connectivity index is 1.42. The van der Waals surface area contributed by atoms with E-state index in [0.29, 0.717) is 17.9 Å². The molecule has 1 aliphatic rings. The van der Waals surface area contributed by atoms with E-state index in [4.69, 9.17) is 5.73 Å². The smallest absolute Gasteiger partial charge is 0.383 e. The van der Waals surface area contributed by atoms with E-state index in [-0.39, 0.29) is 17.2 Å². The summed E-state index contributed by atoms with van der Waals surface area (Å²) in [5.74, 6) is -0.387. The zero-order valence-corrected chi connectivity index (χ0v) is 17.4. The summed E-state index contributed by atoms with van der Waals surface area (Å²) in [7, 11) is 0. The number of nitrogen functional groups attached to an aromatic ring is 1. The average Bonchev–Trinajstić information content (AvgIpc) is 3.15. The van der Waals surface area contributed by atoms with Crippen molar-refractivity contribution in [2.75, 3.05) is 30.7 Å². The molecule has 8 nitrogen and oxygen atoms in total. The van der Waals surface area contributed by atoms with Crippen molar-refractivity contribution < 1.29 is 18.0 Å². The van der Waals surface area contributed by atoms with Crippen LogP contribution in [0.1, 0.15) is 37.7 Å². The Morgan fingerprint density at radius 1 is 1.19 bits per heavy atom. The van der Waals surface area contributed by atoms with Gasteiger partial charge in [0.15, 0.2) is 11.5 Å². The second-order valence-electron chi connectivity index (χ2n) is 7.86. The summed E-state index contributed by atoms with van der Waals surface area (Å²) in [6.45, 7) is 3.09. The Hall–Kier alpha value is -3.21. The second kappa shape index (κ2) is 9.11. The number of aromatic nitrogens is 4. The van der Waals surface area contributed by atoms with E-state index < -0.39 is 17.6 Å². The molecule has 3 aromatic rings. The Bertz CT molecular complexity index is 1110. The number of likely N-dealkylation sites (tertiary alicyclic amines) is 1. The van der Waals surface area contributed by atoms with Crippen LogP contribution in [-0.4, -0.2) is 50.0 Å². The highest BCUT2D eigenvalue weighted by Crippen LogP contribution is 2.34. The number of hydrogen-bond donors (Lipinski definition) is 2. The number of carbonyl (C=O) groups is 1. The maximum Gasteiger partial charge on any atom is 0.419 e. The van der Waals surface area contributed by atoms with E-state index >= 15 is 0 Å². The van der Waals surface area contributed by atoms with Crippen LogP contribution in [-0.2, 0) is 11.0 Å². The van der Waals surface area contributed by atoms with E-state index in [9.17, 15) is 18.0 Å². The normalized spacial score (nSPS) is 15.2. The van der Waals surface area contributed by atoms with Gasteiger partial charge in [-0.25, -0.2) is 14.5 Å². The number of fused-ring (bicyclic) bond motifs is 1. The number of carbonyl (C=O) groups excluding carboxylic acids is 1. The Labute approximate surface area is 182 Å². The monoisotopic (exact) mass is 447 g/mol. The van der Waals surface area contributed by atoms with Crippen LogP contribution in [0, 0.1) is 0 Å². The molecule has 0 bridgehead atoms. The molecule has 1 aliphatic heterocycles. The number of anilines is 2. The SMILES string of the molecule is Nc1ncc(-c2ccc3nc(NC(=O)CCCN4CCCCC4)cn3n2)cc1C(F)(F)F. The van der Waals surface area contributed by atoms with Crippen LogP contribution >= 0.6 is 0 Å². The summed E-state index contributed by atoms with van der Waals surface area (Å²) >= 11 is 0. The lowest BCUT2D eigenvalue weighted by Gasteiger charge is -2.26. The van der Waals surface area contributed by atoms with Gasteiger partial charge in [-0.1, -0.05) is 6.42 Å². The minimum atomic E-state index is -4.61. The van der Waals surface area contributed by atoms with Gasteiger partial charge >= 0.3 is 6.18 Å². The maximum absolute atomic E-state index is 13.1. The third kappa shape index (κ3) is 5.16. The number of nitrogens with zero attached hydrogens (tertiary/aromatic N) is 5. The van der Waals surface area contributed by atoms with Gasteiger partial charge in [0.25, 0.3) is 0 Å². The summed E-state index contributed by atoms with van der Waals surface area (Å²) < 4.78 is 40.8. The van der Waals surface area contributed by atoms with Crippen molar-refractivity contribution in [1.29, 1.82) is 0 Å². The van der Waals surface area contributed by atoms with Gasteiger partial charge in [-0.15, -0.1) is 0 Å². The summed E-state index contributed by atoms with van der Waals surface area (Å²) in [6, 6.07) is 4.07. The van der Waals surface area contributed by atoms with Crippen molar-refractivity contribution in [2.45, 2.75) is 38.3 Å². The molecule has 1 saturated heterocycles. The molecule has 0 radical (unpaired) electrons. The molecule has 0 saturated carbocycles. The molecule has 4 heterocycles. The summed E-state index contributed by atoms with van der Waals surface area (Å²) in [4.78, 5) is 22.6. The molecular weight excluding hydrogens is 423 g/mol. The molecule has 0 atom stereocenters. The number of imidazole rings is 1. The first-order valence-corrected chi connectivity index (χ1v) is 10.5. The first-order chi connectivity index (χ1) is 15.3. The van der Waals surface area contributed by atoms with Gasteiger partial charge in [0.1, 0.15) is 5.82 Å². The van der Waals surface area contributed by atoms with Crippen LogP contribution in [0.2, 0.25) is 0 Å². The van der Waals surface area contributed by atoms with Gasteiger partial charge in [-0.05, 0) is 57.1 Å². The molecule has 0 aliphatic carbocycles. The molecule has 0 unspecified atom stereocenters. The first-order valence-electron chi connectivity index (χ1n) is 10.5. The van der Waals surface area contributed by atoms with Gasteiger partial charge < -0.3 is 16.0 Å². The van der Waals surface area contributed by atoms with Gasteiger partial charge in [-0.3, -0.25) is 4.79 Å². The van der Waals surface area contributed by atoms with Crippen LogP contribution in [0.15, 0.2) is 30.6 Å². The number of amides is 1. The van der Waals surface area contributed by atoms with Crippen molar-refractivity contribution >= 4 is 23.2 Å². The largest absolute Gasteiger partial charge is 0.419 e. The van der Waals surface area contributed by atoms with Crippen molar-refractivity contribution in [1.82, 2.24) is 24.5 Å². The lowest BCUT2D eigenvalue weighted by atomic mass is 10.1. The number of nitrogens with two attached hydrogens (primary N) is 1. The highest BCUT2D eigenvalue weighted by Gasteiger charge is 2.34. The van der Waals surface area contributed by atoms with E-state index in [1.807, 2.05) is 0 Å². The predicted octanol–water partition coefficient (Wildman–Crippen LogP) is 3.60. The van der Waals surface area contributed by atoms with E-state index in [1.165, 1.54) is 36.2 Å². The van der Waals surface area contributed by atoms with Crippen molar-refractivity contribution in [2.24, 2.45) is 0 Å². The number of piperidine rings is 1. The Morgan fingerprint density at radius 2 is 1.97 bits per heavy atom. The molecule has 1 amide bonds. The van der Waals surface area contributed by atoms with Crippen LogP contribution < -0.4 is 11.1 Å². The zero-order chi connectivity index (χ0) is 22.7.